The summed E-state index contributed by atoms with van der Waals surface area (Å²) in [6, 6.07) is 7.88. The summed E-state index contributed by atoms with van der Waals surface area (Å²) in [6.07, 6.45) is 0.507. The molecule has 0 aliphatic heterocycles. The Kier molecular flexibility index (Phi) is 5.67. The second-order valence-corrected chi connectivity index (χ2v) is 6.13. The maximum Gasteiger partial charge on any atom is 0.305 e. The topological polar surface area (TPSA) is 87.5 Å². The number of methoxy groups -OCH3 is 1. The van der Waals surface area contributed by atoms with Gasteiger partial charge in [0.25, 0.3) is 0 Å². The lowest BCUT2D eigenvalue weighted by molar-refractivity contribution is -0.140. The minimum Gasteiger partial charge on any atom is -0.469 e. The Balaban J connectivity index is 2.83. The summed E-state index contributed by atoms with van der Waals surface area (Å²) in [5.41, 5.74) is 0.104. The molecular weight excluding hydrogens is 280 g/mol. The van der Waals surface area contributed by atoms with Crippen LogP contribution < -0.4 is 0 Å². The Morgan fingerprint density at radius 3 is 2.65 bits per heavy atom. The number of benzene rings is 1. The first-order chi connectivity index (χ1) is 9.43. The number of rotatable bonds is 6. The normalized spacial score (nSPS) is 11.1. The molecule has 0 radical (unpaired) electrons. The van der Waals surface area contributed by atoms with Crippen LogP contribution in [0.3, 0.4) is 0 Å². The highest BCUT2D eigenvalue weighted by Gasteiger charge is 2.23. The van der Waals surface area contributed by atoms with Gasteiger partial charge in [0.2, 0.25) is 10.0 Å². The molecule has 1 aromatic carbocycles. The Bertz CT molecular complexity index is 620. The molecule has 1 rings (SSSR count). The predicted octanol–water partition coefficient (Wildman–Crippen LogP) is 1.13. The van der Waals surface area contributed by atoms with Crippen LogP contribution in [0.25, 0.3) is 0 Å². The molecule has 7 heteroatoms. The summed E-state index contributed by atoms with van der Waals surface area (Å²) in [5, 5.41) is 8.95. The first kappa shape index (κ1) is 16.1. The first-order valence-corrected chi connectivity index (χ1v) is 7.39. The largest absolute Gasteiger partial charge is 0.469 e. The monoisotopic (exact) mass is 296 g/mol. The summed E-state index contributed by atoms with van der Waals surface area (Å²) in [6.45, 7) is 0.178. The Hall–Kier alpha value is -1.91. The van der Waals surface area contributed by atoms with Gasteiger partial charge in [-0.25, -0.2) is 12.7 Å². The summed E-state index contributed by atoms with van der Waals surface area (Å²) in [5.74, 6) is -0.381. The smallest absolute Gasteiger partial charge is 0.305 e. The number of carbonyl (C=O) groups excluding carboxylic acids is 1. The van der Waals surface area contributed by atoms with E-state index in [1.165, 1.54) is 26.3 Å². The van der Waals surface area contributed by atoms with Crippen LogP contribution in [0.1, 0.15) is 18.4 Å². The van der Waals surface area contributed by atoms with E-state index in [0.717, 1.165) is 4.31 Å². The Morgan fingerprint density at radius 2 is 2.05 bits per heavy atom. The van der Waals surface area contributed by atoms with Gasteiger partial charge in [0.05, 0.1) is 17.6 Å². The molecule has 0 aromatic heterocycles. The van der Waals surface area contributed by atoms with Gasteiger partial charge in [0.15, 0.2) is 0 Å². The van der Waals surface area contributed by atoms with E-state index in [2.05, 4.69) is 4.74 Å². The van der Waals surface area contributed by atoms with Crippen molar-refractivity contribution in [1.29, 1.82) is 5.26 Å². The van der Waals surface area contributed by atoms with E-state index in [9.17, 15) is 13.2 Å². The number of hydrogen-bond acceptors (Lipinski definition) is 5. The number of ether oxygens (including phenoxy) is 1. The standard InChI is InChI=1S/C13H16N2O4S/c1-15(9-5-8-13(16)19-2)20(17,18)12-7-4-3-6-11(12)10-14/h3-4,6-7H,5,8-9H2,1-2H3. The molecule has 0 fully saturated rings. The van der Waals surface area contributed by atoms with Gasteiger partial charge in [-0.3, -0.25) is 4.79 Å². The van der Waals surface area contributed by atoms with Gasteiger partial charge in [-0.1, -0.05) is 12.1 Å². The average Bonchev–Trinajstić information content (AvgIpc) is 2.46. The zero-order valence-electron chi connectivity index (χ0n) is 11.4. The molecule has 6 nitrogen and oxygen atoms in total. The van der Waals surface area contributed by atoms with Gasteiger partial charge in [-0.05, 0) is 18.6 Å². The fourth-order valence-corrected chi connectivity index (χ4v) is 2.97. The maximum atomic E-state index is 12.3. The minimum atomic E-state index is -3.73. The summed E-state index contributed by atoms with van der Waals surface area (Å²) < 4.78 is 30.3. The van der Waals surface area contributed by atoms with Crippen LogP contribution in [0.15, 0.2) is 29.2 Å². The number of nitrogens with zero attached hydrogens (tertiary/aromatic N) is 2. The van der Waals surface area contributed by atoms with E-state index in [0.29, 0.717) is 6.42 Å². The van der Waals surface area contributed by atoms with E-state index in [-0.39, 0.29) is 29.4 Å². The molecule has 108 valence electrons. The molecule has 0 saturated carbocycles. The van der Waals surface area contributed by atoms with Crippen LogP contribution in [0.4, 0.5) is 0 Å². The van der Waals surface area contributed by atoms with Crippen molar-refractivity contribution in [2.24, 2.45) is 0 Å². The lowest BCUT2D eigenvalue weighted by Crippen LogP contribution is -2.29. The third kappa shape index (κ3) is 3.79. The zero-order valence-corrected chi connectivity index (χ0v) is 12.2. The summed E-state index contributed by atoms with van der Waals surface area (Å²) in [7, 11) is -1.03. The molecule has 0 spiro atoms. The van der Waals surface area contributed by atoms with Crippen molar-refractivity contribution in [2.45, 2.75) is 17.7 Å². The molecule has 0 heterocycles. The fourth-order valence-electron chi connectivity index (χ4n) is 1.62. The van der Waals surface area contributed by atoms with Crippen molar-refractivity contribution in [3.63, 3.8) is 0 Å². The quantitative estimate of drug-likeness (QED) is 0.734. The van der Waals surface area contributed by atoms with Crippen LogP contribution in [0, 0.1) is 11.3 Å². The van der Waals surface area contributed by atoms with Crippen molar-refractivity contribution in [3.05, 3.63) is 29.8 Å². The molecular formula is C13H16N2O4S. The van der Waals surface area contributed by atoms with Crippen LogP contribution in [0.2, 0.25) is 0 Å². The van der Waals surface area contributed by atoms with Crippen molar-refractivity contribution < 1.29 is 17.9 Å². The molecule has 0 amide bonds. The lowest BCUT2D eigenvalue weighted by atomic mass is 10.2. The average molecular weight is 296 g/mol. The van der Waals surface area contributed by atoms with Gasteiger partial charge < -0.3 is 4.74 Å². The summed E-state index contributed by atoms with van der Waals surface area (Å²) in [4.78, 5) is 11.0. The Morgan fingerprint density at radius 1 is 1.40 bits per heavy atom. The van der Waals surface area contributed by atoms with E-state index >= 15 is 0 Å². The number of esters is 1. The number of hydrogen-bond donors (Lipinski definition) is 0. The number of carbonyl (C=O) groups is 1. The third-order valence-electron chi connectivity index (χ3n) is 2.78. The van der Waals surface area contributed by atoms with Crippen molar-refractivity contribution in [2.75, 3.05) is 20.7 Å². The van der Waals surface area contributed by atoms with Gasteiger partial charge >= 0.3 is 5.97 Å². The SMILES string of the molecule is COC(=O)CCCN(C)S(=O)(=O)c1ccccc1C#N. The van der Waals surface area contributed by atoms with Crippen molar-refractivity contribution >= 4 is 16.0 Å². The van der Waals surface area contributed by atoms with E-state index < -0.39 is 10.0 Å². The van der Waals surface area contributed by atoms with Crippen LogP contribution in [0.5, 0.6) is 0 Å². The third-order valence-corrected chi connectivity index (χ3v) is 4.69. The molecule has 0 aliphatic rings. The van der Waals surface area contributed by atoms with E-state index in [4.69, 9.17) is 5.26 Å². The fraction of sp³-hybridized carbons (Fsp3) is 0.385. The van der Waals surface area contributed by atoms with Gasteiger partial charge in [-0.15, -0.1) is 0 Å². The number of nitriles is 1. The molecule has 0 N–H and O–H groups in total. The highest BCUT2D eigenvalue weighted by molar-refractivity contribution is 7.89. The van der Waals surface area contributed by atoms with Crippen LogP contribution in [-0.4, -0.2) is 39.4 Å². The van der Waals surface area contributed by atoms with Crippen LogP contribution in [-0.2, 0) is 19.6 Å². The highest BCUT2D eigenvalue weighted by Crippen LogP contribution is 2.18. The number of sulfonamides is 1. The zero-order chi connectivity index (χ0) is 15.2. The lowest BCUT2D eigenvalue weighted by Gasteiger charge is -2.17. The van der Waals surface area contributed by atoms with Gasteiger partial charge in [0, 0.05) is 20.0 Å². The van der Waals surface area contributed by atoms with Gasteiger partial charge in [0.1, 0.15) is 6.07 Å². The van der Waals surface area contributed by atoms with Crippen molar-refractivity contribution in [3.8, 4) is 6.07 Å². The Labute approximate surface area is 118 Å². The molecule has 0 bridgehead atoms. The summed E-state index contributed by atoms with van der Waals surface area (Å²) >= 11 is 0. The second-order valence-electron chi connectivity index (χ2n) is 4.11. The minimum absolute atomic E-state index is 0.0249. The van der Waals surface area contributed by atoms with Gasteiger partial charge in [-0.2, -0.15) is 5.26 Å². The van der Waals surface area contributed by atoms with E-state index in [1.54, 1.807) is 12.1 Å². The molecule has 0 aliphatic carbocycles. The van der Waals surface area contributed by atoms with Crippen molar-refractivity contribution in [1.82, 2.24) is 4.31 Å². The molecule has 0 unspecified atom stereocenters. The molecule has 20 heavy (non-hydrogen) atoms. The highest BCUT2D eigenvalue weighted by atomic mass is 32.2. The first-order valence-electron chi connectivity index (χ1n) is 5.95. The maximum absolute atomic E-state index is 12.3. The molecule has 0 saturated heterocycles. The second kappa shape index (κ2) is 7.03. The molecule has 0 atom stereocenters. The molecule has 1 aromatic rings. The van der Waals surface area contributed by atoms with E-state index in [1.807, 2.05) is 6.07 Å². The predicted molar refractivity (Wildman–Crippen MR) is 72.2 cm³/mol. The van der Waals surface area contributed by atoms with Crippen LogP contribution >= 0.6 is 0 Å².